The number of rotatable bonds is 5. The van der Waals surface area contributed by atoms with Crippen molar-refractivity contribution in [1.29, 1.82) is 0 Å². The lowest BCUT2D eigenvalue weighted by Crippen LogP contribution is -2.33. The van der Waals surface area contributed by atoms with E-state index < -0.39 is 11.2 Å². The third-order valence-electron chi connectivity index (χ3n) is 6.39. The lowest BCUT2D eigenvalue weighted by Gasteiger charge is -2.34. The van der Waals surface area contributed by atoms with Gasteiger partial charge in [-0.25, -0.2) is 4.39 Å². The zero-order valence-electron chi connectivity index (χ0n) is 19.1. The van der Waals surface area contributed by atoms with Crippen molar-refractivity contribution in [3.05, 3.63) is 50.6 Å². The molecule has 0 radical (unpaired) electrons. The number of fused-ring (bicyclic) bond motifs is 1. The molecule has 3 rings (SSSR count). The third-order valence-corrected chi connectivity index (χ3v) is 6.39. The van der Waals surface area contributed by atoms with E-state index in [1.54, 1.807) is 6.20 Å². The Hall–Kier alpha value is -2.43. The largest absolute Gasteiger partial charge is 0.367 e. The van der Waals surface area contributed by atoms with E-state index in [-0.39, 0.29) is 22.8 Å². The molecule has 4 nitrogen and oxygen atoms in total. The molecule has 0 bridgehead atoms. The SMILES string of the molecule is CC/C(C)=C1/CCCN(c2cc3c(c(F)c2CC)c(=O)c(C(C)=O)cn3C(C)C)C1. The van der Waals surface area contributed by atoms with Crippen molar-refractivity contribution in [2.75, 3.05) is 18.0 Å². The quantitative estimate of drug-likeness (QED) is 0.459. The fourth-order valence-corrected chi connectivity index (χ4v) is 4.46. The summed E-state index contributed by atoms with van der Waals surface area (Å²) in [5.41, 5.74) is 4.37. The molecule has 0 unspecified atom stereocenters. The van der Waals surface area contributed by atoms with Crippen LogP contribution < -0.4 is 10.3 Å². The molecule has 1 aliphatic heterocycles. The Morgan fingerprint density at radius 3 is 2.50 bits per heavy atom. The highest BCUT2D eigenvalue weighted by atomic mass is 19.1. The Balaban J connectivity index is 2.32. The number of halogens is 1. The van der Waals surface area contributed by atoms with E-state index in [1.807, 2.05) is 31.4 Å². The molecule has 1 aliphatic rings. The molecule has 0 atom stereocenters. The molecule has 1 saturated heterocycles. The van der Waals surface area contributed by atoms with E-state index in [0.29, 0.717) is 17.5 Å². The van der Waals surface area contributed by atoms with Crippen LogP contribution in [0, 0.1) is 5.82 Å². The summed E-state index contributed by atoms with van der Waals surface area (Å²) in [6.07, 6.45) is 5.23. The molecule has 0 N–H and O–H groups in total. The van der Waals surface area contributed by atoms with Crippen LogP contribution in [-0.2, 0) is 6.42 Å². The van der Waals surface area contributed by atoms with Crippen LogP contribution >= 0.6 is 0 Å². The number of ketones is 1. The number of nitrogens with zero attached hydrogens (tertiary/aromatic N) is 2. The van der Waals surface area contributed by atoms with Gasteiger partial charge in [0.2, 0.25) is 5.43 Å². The molecule has 2 aromatic rings. The molecule has 2 heterocycles. The Bertz CT molecular complexity index is 1080. The van der Waals surface area contributed by atoms with Crippen molar-refractivity contribution in [1.82, 2.24) is 4.57 Å². The molecule has 0 aliphatic carbocycles. The second-order valence-corrected chi connectivity index (χ2v) is 8.63. The highest BCUT2D eigenvalue weighted by molar-refractivity contribution is 5.98. The molecule has 0 saturated carbocycles. The summed E-state index contributed by atoms with van der Waals surface area (Å²) in [5.74, 6) is -0.811. The van der Waals surface area contributed by atoms with Gasteiger partial charge in [0, 0.05) is 36.6 Å². The van der Waals surface area contributed by atoms with E-state index in [4.69, 9.17) is 0 Å². The number of Topliss-reactive ketones (excluding diaryl/α,β-unsaturated/α-hetero) is 1. The predicted molar refractivity (Wildman–Crippen MR) is 122 cm³/mol. The topological polar surface area (TPSA) is 42.3 Å². The van der Waals surface area contributed by atoms with Gasteiger partial charge in [0.1, 0.15) is 5.82 Å². The lowest BCUT2D eigenvalue weighted by molar-refractivity contribution is 0.101. The molecule has 1 fully saturated rings. The molecular weight excluding hydrogens is 379 g/mol. The maximum atomic E-state index is 15.8. The number of carbonyl (C=O) groups is 1. The maximum absolute atomic E-state index is 15.8. The Morgan fingerprint density at radius 1 is 1.23 bits per heavy atom. The van der Waals surface area contributed by atoms with Gasteiger partial charge in [0.15, 0.2) is 5.78 Å². The number of piperidine rings is 1. The van der Waals surface area contributed by atoms with Crippen LogP contribution in [0.2, 0.25) is 0 Å². The number of pyridine rings is 1. The molecule has 1 aromatic heterocycles. The van der Waals surface area contributed by atoms with Crippen LogP contribution in [0.3, 0.4) is 0 Å². The second-order valence-electron chi connectivity index (χ2n) is 8.63. The minimum atomic E-state index is -0.505. The molecule has 30 heavy (non-hydrogen) atoms. The Labute approximate surface area is 178 Å². The average Bonchev–Trinajstić information content (AvgIpc) is 2.72. The molecule has 1 aromatic carbocycles. The first kappa shape index (κ1) is 22.3. The summed E-state index contributed by atoms with van der Waals surface area (Å²) in [6, 6.07) is 1.96. The summed E-state index contributed by atoms with van der Waals surface area (Å²) >= 11 is 0. The van der Waals surface area contributed by atoms with Gasteiger partial charge >= 0.3 is 0 Å². The first-order chi connectivity index (χ1) is 14.2. The molecule has 5 heteroatoms. The van der Waals surface area contributed by atoms with Crippen molar-refractivity contribution < 1.29 is 9.18 Å². The standard InChI is InChI=1S/C25H33FN2O2/c1-7-16(5)18-10-9-11-27(13-18)21-12-22-23(24(26)19(21)8-2)25(30)20(17(6)29)14-28(22)15(3)4/h12,14-15H,7-11,13H2,1-6H3/b18-16-. The number of hydrogen-bond donors (Lipinski definition) is 0. The van der Waals surface area contributed by atoms with Gasteiger partial charge in [-0.15, -0.1) is 0 Å². The number of hydrogen-bond acceptors (Lipinski definition) is 3. The fraction of sp³-hybridized carbons (Fsp3) is 0.520. The third kappa shape index (κ3) is 3.82. The Kier molecular flexibility index (Phi) is 6.49. The van der Waals surface area contributed by atoms with Crippen molar-refractivity contribution in [2.24, 2.45) is 0 Å². The van der Waals surface area contributed by atoms with Crippen LogP contribution in [0.5, 0.6) is 0 Å². The van der Waals surface area contributed by atoms with Crippen molar-refractivity contribution in [2.45, 2.75) is 73.3 Å². The summed E-state index contributed by atoms with van der Waals surface area (Å²) < 4.78 is 17.6. The van der Waals surface area contributed by atoms with E-state index in [9.17, 15) is 9.59 Å². The summed E-state index contributed by atoms with van der Waals surface area (Å²) in [6.45, 7) is 13.3. The van der Waals surface area contributed by atoms with Crippen LogP contribution in [0.1, 0.15) is 82.8 Å². The molecule has 0 amide bonds. The van der Waals surface area contributed by atoms with Crippen LogP contribution in [0.4, 0.5) is 10.1 Å². The van der Waals surface area contributed by atoms with Crippen molar-refractivity contribution in [3.63, 3.8) is 0 Å². The normalized spacial score (nSPS) is 16.5. The average molecular weight is 413 g/mol. The van der Waals surface area contributed by atoms with Gasteiger partial charge < -0.3 is 9.47 Å². The van der Waals surface area contributed by atoms with Gasteiger partial charge in [-0.1, -0.05) is 25.0 Å². The second kappa shape index (κ2) is 8.75. The van der Waals surface area contributed by atoms with E-state index >= 15 is 4.39 Å². The molecule has 162 valence electrons. The monoisotopic (exact) mass is 412 g/mol. The first-order valence-corrected chi connectivity index (χ1v) is 11.0. The zero-order valence-corrected chi connectivity index (χ0v) is 19.1. The van der Waals surface area contributed by atoms with Crippen LogP contribution in [-0.4, -0.2) is 23.4 Å². The highest BCUT2D eigenvalue weighted by Crippen LogP contribution is 2.34. The van der Waals surface area contributed by atoms with E-state index in [0.717, 1.165) is 38.0 Å². The van der Waals surface area contributed by atoms with Crippen LogP contribution in [0.25, 0.3) is 10.9 Å². The highest BCUT2D eigenvalue weighted by Gasteiger charge is 2.25. The fourth-order valence-electron chi connectivity index (χ4n) is 4.46. The maximum Gasteiger partial charge on any atom is 0.203 e. The van der Waals surface area contributed by atoms with Crippen molar-refractivity contribution in [3.8, 4) is 0 Å². The molecule has 0 spiro atoms. The lowest BCUT2D eigenvalue weighted by atomic mass is 9.95. The summed E-state index contributed by atoms with van der Waals surface area (Å²) in [4.78, 5) is 27.3. The Morgan fingerprint density at radius 2 is 1.93 bits per heavy atom. The zero-order chi connectivity index (χ0) is 22.2. The van der Waals surface area contributed by atoms with E-state index in [1.165, 1.54) is 18.1 Å². The van der Waals surface area contributed by atoms with Gasteiger partial charge in [-0.3, -0.25) is 9.59 Å². The number of allylic oxidation sites excluding steroid dienone is 1. The van der Waals surface area contributed by atoms with E-state index in [2.05, 4.69) is 18.7 Å². The minimum Gasteiger partial charge on any atom is -0.367 e. The number of anilines is 1. The first-order valence-electron chi connectivity index (χ1n) is 11.0. The van der Waals surface area contributed by atoms with Crippen molar-refractivity contribution >= 4 is 22.4 Å². The number of carbonyl (C=O) groups excluding carboxylic acids is 1. The predicted octanol–water partition coefficient (Wildman–Crippen LogP) is 5.81. The van der Waals surface area contributed by atoms with Gasteiger partial charge in [0.05, 0.1) is 16.5 Å². The van der Waals surface area contributed by atoms with Crippen LogP contribution in [0.15, 0.2) is 28.2 Å². The summed E-state index contributed by atoms with van der Waals surface area (Å²) in [7, 11) is 0. The number of benzene rings is 1. The number of aromatic nitrogens is 1. The van der Waals surface area contributed by atoms with Gasteiger partial charge in [0.25, 0.3) is 0 Å². The smallest absolute Gasteiger partial charge is 0.203 e. The van der Waals surface area contributed by atoms with Gasteiger partial charge in [-0.2, -0.15) is 0 Å². The summed E-state index contributed by atoms with van der Waals surface area (Å²) in [5, 5.41) is 0.0366. The van der Waals surface area contributed by atoms with Gasteiger partial charge in [-0.05, 0) is 59.4 Å². The minimum absolute atomic E-state index is 0.00919. The molecular formula is C25H33FN2O2.